The van der Waals surface area contributed by atoms with Crippen molar-refractivity contribution >= 4 is 27.7 Å². The van der Waals surface area contributed by atoms with E-state index in [4.69, 9.17) is 0 Å². The highest BCUT2D eigenvalue weighted by molar-refractivity contribution is 7.90. The molecule has 2 aromatic rings. The van der Waals surface area contributed by atoms with E-state index in [0.29, 0.717) is 18.2 Å². The molecule has 0 heterocycles. The molecule has 0 amide bonds. The van der Waals surface area contributed by atoms with Crippen LogP contribution in [0.5, 0.6) is 0 Å². The number of nitrogens with zero attached hydrogens (tertiary/aromatic N) is 1. The van der Waals surface area contributed by atoms with E-state index in [-0.39, 0.29) is 10.5 Å². The molecule has 170 valence electrons. The summed E-state index contributed by atoms with van der Waals surface area (Å²) in [5.74, 6) is -2.18. The zero-order valence-corrected chi connectivity index (χ0v) is 18.0. The summed E-state index contributed by atoms with van der Waals surface area (Å²) in [5, 5.41) is 0. The van der Waals surface area contributed by atoms with E-state index in [1.807, 2.05) is 0 Å². The number of alkyl halides is 3. The predicted octanol–water partition coefficient (Wildman–Crippen LogP) is 3.46. The van der Waals surface area contributed by atoms with Gasteiger partial charge in [0.25, 0.3) is 10.0 Å². The second kappa shape index (κ2) is 9.77. The lowest BCUT2D eigenvalue weighted by Crippen LogP contribution is -2.20. The maximum absolute atomic E-state index is 12.9. The number of hydrogen-bond donors (Lipinski definition) is 0. The van der Waals surface area contributed by atoms with Crippen LogP contribution in [0.3, 0.4) is 0 Å². The number of aryl methyl sites for hydroxylation is 1. The van der Waals surface area contributed by atoms with Crippen molar-refractivity contribution in [3.63, 3.8) is 0 Å². The Balaban J connectivity index is 2.77. The van der Waals surface area contributed by atoms with Gasteiger partial charge in [-0.3, -0.25) is 0 Å². The number of sulfonamides is 1. The summed E-state index contributed by atoms with van der Waals surface area (Å²) in [6, 6.07) is 8.84. The summed E-state index contributed by atoms with van der Waals surface area (Å²) in [4.78, 5) is 23.9. The molecular formula is C21H18F3NO6S. The molecule has 7 nitrogen and oxygen atoms in total. The number of carbonyl (C=O) groups excluding carboxylic acids is 2. The van der Waals surface area contributed by atoms with Gasteiger partial charge in [-0.15, -0.1) is 0 Å². The molecule has 2 rings (SSSR count). The first kappa shape index (κ1) is 24.8. The second-order valence-electron chi connectivity index (χ2n) is 6.38. The first-order chi connectivity index (χ1) is 14.9. The average Bonchev–Trinajstić information content (AvgIpc) is 2.75. The minimum atomic E-state index is -4.64. The SMILES string of the molecule is COC(=O)/C=C(C(=O)OC)\C(=N\S(=O)(=O)c1ccc(C)cc1)c1ccc(C(F)(F)F)cc1. The van der Waals surface area contributed by atoms with Crippen LogP contribution in [-0.2, 0) is 35.3 Å². The highest BCUT2D eigenvalue weighted by Gasteiger charge is 2.31. The lowest BCUT2D eigenvalue weighted by Gasteiger charge is -2.12. The predicted molar refractivity (Wildman–Crippen MR) is 108 cm³/mol. The smallest absolute Gasteiger partial charge is 0.416 e. The third kappa shape index (κ3) is 6.03. The maximum Gasteiger partial charge on any atom is 0.416 e. The summed E-state index contributed by atoms with van der Waals surface area (Å²) in [7, 11) is -2.43. The molecule has 0 aromatic heterocycles. The molecule has 0 aliphatic carbocycles. The number of hydrogen-bond acceptors (Lipinski definition) is 6. The molecule has 0 atom stereocenters. The Morgan fingerprint density at radius 3 is 1.97 bits per heavy atom. The van der Waals surface area contributed by atoms with Crippen molar-refractivity contribution in [2.24, 2.45) is 4.40 Å². The van der Waals surface area contributed by atoms with Crippen molar-refractivity contribution in [2.45, 2.75) is 18.0 Å². The Kier molecular flexibility index (Phi) is 7.57. The molecule has 0 N–H and O–H groups in total. The maximum atomic E-state index is 12.9. The zero-order valence-electron chi connectivity index (χ0n) is 17.1. The molecule has 11 heteroatoms. The molecule has 0 radical (unpaired) electrons. The molecule has 0 unspecified atom stereocenters. The Morgan fingerprint density at radius 2 is 1.50 bits per heavy atom. The summed E-state index contributed by atoms with van der Waals surface area (Å²) >= 11 is 0. The fourth-order valence-electron chi connectivity index (χ4n) is 2.47. The highest BCUT2D eigenvalue weighted by atomic mass is 32.2. The third-order valence-corrected chi connectivity index (χ3v) is 5.43. The number of ether oxygens (including phenoxy) is 2. The van der Waals surface area contributed by atoms with Gasteiger partial charge in [-0.1, -0.05) is 29.8 Å². The van der Waals surface area contributed by atoms with E-state index in [9.17, 15) is 31.2 Å². The fourth-order valence-corrected chi connectivity index (χ4v) is 3.50. The van der Waals surface area contributed by atoms with Crippen LogP contribution in [0.25, 0.3) is 0 Å². The summed E-state index contributed by atoms with van der Waals surface area (Å²) in [6.07, 6.45) is -4.00. The van der Waals surface area contributed by atoms with Crippen LogP contribution in [0.4, 0.5) is 13.2 Å². The van der Waals surface area contributed by atoms with Gasteiger partial charge in [-0.25, -0.2) is 9.59 Å². The highest BCUT2D eigenvalue weighted by Crippen LogP contribution is 2.30. The number of esters is 2. The lowest BCUT2D eigenvalue weighted by atomic mass is 10.0. The molecule has 32 heavy (non-hydrogen) atoms. The van der Waals surface area contributed by atoms with Crippen LogP contribution in [0.1, 0.15) is 16.7 Å². The fraction of sp³-hybridized carbons (Fsp3) is 0.190. The molecule has 0 fully saturated rings. The number of methoxy groups -OCH3 is 2. The first-order valence-electron chi connectivity index (χ1n) is 8.86. The summed E-state index contributed by atoms with van der Waals surface area (Å²) in [5.41, 5.74) is -1.60. The minimum absolute atomic E-state index is 0.172. The lowest BCUT2D eigenvalue weighted by molar-refractivity contribution is -0.138. The molecule has 0 saturated carbocycles. The van der Waals surface area contributed by atoms with Gasteiger partial charge in [-0.05, 0) is 31.2 Å². The first-order valence-corrected chi connectivity index (χ1v) is 10.3. The molecular weight excluding hydrogens is 451 g/mol. The van der Waals surface area contributed by atoms with Crippen LogP contribution in [0, 0.1) is 6.92 Å². The number of halogens is 3. The Labute approximate surface area is 182 Å². The standard InChI is InChI=1S/C21H18F3NO6S/c1-13-4-10-16(11-5-13)32(28,29)25-19(17(20(27)31-3)12-18(26)30-2)14-6-8-15(9-7-14)21(22,23)24/h4-12H,1-3H3/b17-12+,25-19+. The van der Waals surface area contributed by atoms with Crippen molar-refractivity contribution in [2.75, 3.05) is 14.2 Å². The number of carbonyl (C=O) groups is 2. The Morgan fingerprint density at radius 1 is 0.938 bits per heavy atom. The van der Waals surface area contributed by atoms with Crippen LogP contribution in [-0.4, -0.2) is 40.3 Å². The molecule has 0 spiro atoms. The van der Waals surface area contributed by atoms with Gasteiger partial charge in [0, 0.05) is 11.6 Å². The second-order valence-corrected chi connectivity index (χ2v) is 7.98. The van der Waals surface area contributed by atoms with Crippen molar-refractivity contribution < 1.29 is 40.7 Å². The van der Waals surface area contributed by atoms with Gasteiger partial charge in [0.05, 0.1) is 36.0 Å². The minimum Gasteiger partial charge on any atom is -0.466 e. The zero-order chi connectivity index (χ0) is 24.1. The van der Waals surface area contributed by atoms with Crippen LogP contribution in [0.15, 0.2) is 69.5 Å². The molecule has 2 aromatic carbocycles. The van der Waals surface area contributed by atoms with E-state index in [1.165, 1.54) is 24.3 Å². The van der Waals surface area contributed by atoms with Crippen molar-refractivity contribution in [3.05, 3.63) is 76.9 Å². The van der Waals surface area contributed by atoms with Crippen molar-refractivity contribution in [1.82, 2.24) is 0 Å². The molecule has 0 bridgehead atoms. The number of rotatable bonds is 6. The largest absolute Gasteiger partial charge is 0.466 e. The average molecular weight is 469 g/mol. The van der Waals surface area contributed by atoms with Gasteiger partial charge in [0.1, 0.15) is 0 Å². The van der Waals surface area contributed by atoms with E-state index >= 15 is 0 Å². The van der Waals surface area contributed by atoms with Gasteiger partial charge in [-0.2, -0.15) is 26.0 Å². The van der Waals surface area contributed by atoms with Crippen LogP contribution < -0.4 is 0 Å². The third-order valence-electron chi connectivity index (χ3n) is 4.14. The Bertz CT molecular complexity index is 1170. The van der Waals surface area contributed by atoms with E-state index < -0.39 is 45.0 Å². The van der Waals surface area contributed by atoms with Crippen molar-refractivity contribution in [1.29, 1.82) is 0 Å². The van der Waals surface area contributed by atoms with E-state index in [1.54, 1.807) is 6.92 Å². The van der Waals surface area contributed by atoms with Gasteiger partial charge in [0.2, 0.25) is 0 Å². The normalized spacial score (nSPS) is 12.9. The van der Waals surface area contributed by atoms with Crippen LogP contribution >= 0.6 is 0 Å². The van der Waals surface area contributed by atoms with E-state index in [0.717, 1.165) is 31.9 Å². The van der Waals surface area contributed by atoms with Gasteiger partial charge in [0.15, 0.2) is 0 Å². The van der Waals surface area contributed by atoms with Crippen LogP contribution in [0.2, 0.25) is 0 Å². The van der Waals surface area contributed by atoms with E-state index in [2.05, 4.69) is 13.9 Å². The molecule has 0 saturated heterocycles. The quantitative estimate of drug-likeness (QED) is 0.365. The van der Waals surface area contributed by atoms with Gasteiger partial charge >= 0.3 is 18.1 Å². The molecule has 0 aliphatic rings. The molecule has 0 aliphatic heterocycles. The number of benzene rings is 2. The summed E-state index contributed by atoms with van der Waals surface area (Å²) < 4.78 is 77.3. The van der Waals surface area contributed by atoms with Gasteiger partial charge < -0.3 is 9.47 Å². The summed E-state index contributed by atoms with van der Waals surface area (Å²) in [6.45, 7) is 1.74. The Hall–Kier alpha value is -3.47. The van der Waals surface area contributed by atoms with Crippen molar-refractivity contribution in [3.8, 4) is 0 Å². The monoisotopic (exact) mass is 469 g/mol. The topological polar surface area (TPSA) is 99.1 Å².